The molecule has 0 aromatic carbocycles. The summed E-state index contributed by atoms with van der Waals surface area (Å²) in [4.78, 5) is 11.0. The first kappa shape index (κ1) is 9.04. The van der Waals surface area contributed by atoms with Crippen LogP contribution < -0.4 is 5.32 Å². The SMILES string of the molecule is CC1(NC(=O)CBr)CCCC1. The Balaban J connectivity index is 2.39. The van der Waals surface area contributed by atoms with Crippen LogP contribution in [0.5, 0.6) is 0 Å². The normalized spacial score (nSPS) is 21.6. The van der Waals surface area contributed by atoms with E-state index in [1.807, 2.05) is 0 Å². The van der Waals surface area contributed by atoms with Gasteiger partial charge in [-0.2, -0.15) is 0 Å². The zero-order valence-electron chi connectivity index (χ0n) is 6.82. The number of carbonyl (C=O) groups excluding carboxylic acids is 1. The van der Waals surface area contributed by atoms with Crippen LogP contribution in [0, 0.1) is 0 Å². The van der Waals surface area contributed by atoms with Gasteiger partial charge in [0, 0.05) is 5.54 Å². The number of hydrogen-bond acceptors (Lipinski definition) is 1. The Kier molecular flexibility index (Phi) is 2.93. The van der Waals surface area contributed by atoms with Crippen molar-refractivity contribution in [3.8, 4) is 0 Å². The summed E-state index contributed by atoms with van der Waals surface area (Å²) in [6.45, 7) is 2.13. The number of carbonyl (C=O) groups is 1. The second-order valence-corrected chi connectivity index (χ2v) is 4.01. The molecule has 0 saturated heterocycles. The third kappa shape index (κ3) is 2.47. The molecule has 1 rings (SSSR count). The molecule has 0 atom stereocenters. The lowest BCUT2D eigenvalue weighted by Crippen LogP contribution is -2.44. The summed E-state index contributed by atoms with van der Waals surface area (Å²) in [6.07, 6.45) is 4.76. The van der Waals surface area contributed by atoms with Gasteiger partial charge < -0.3 is 5.32 Å². The minimum Gasteiger partial charge on any atom is -0.350 e. The van der Waals surface area contributed by atoms with E-state index in [1.165, 1.54) is 12.8 Å². The fraction of sp³-hybridized carbons (Fsp3) is 0.875. The summed E-state index contributed by atoms with van der Waals surface area (Å²) >= 11 is 3.13. The van der Waals surface area contributed by atoms with Gasteiger partial charge in [-0.3, -0.25) is 4.79 Å². The van der Waals surface area contributed by atoms with Crippen LogP contribution in [-0.2, 0) is 4.79 Å². The van der Waals surface area contributed by atoms with Gasteiger partial charge in [0.2, 0.25) is 5.91 Å². The van der Waals surface area contributed by atoms with Gasteiger partial charge >= 0.3 is 0 Å². The van der Waals surface area contributed by atoms with Crippen LogP contribution in [0.3, 0.4) is 0 Å². The van der Waals surface area contributed by atoms with Crippen LogP contribution in [0.2, 0.25) is 0 Å². The maximum Gasteiger partial charge on any atom is 0.231 e. The van der Waals surface area contributed by atoms with Gasteiger partial charge in [-0.1, -0.05) is 28.8 Å². The highest BCUT2D eigenvalue weighted by Gasteiger charge is 2.29. The van der Waals surface area contributed by atoms with E-state index in [4.69, 9.17) is 0 Å². The molecule has 11 heavy (non-hydrogen) atoms. The van der Waals surface area contributed by atoms with Gasteiger partial charge in [-0.05, 0) is 19.8 Å². The standard InChI is InChI=1S/C8H14BrNO/c1-8(4-2-3-5-8)10-7(11)6-9/h2-6H2,1H3,(H,10,11). The van der Waals surface area contributed by atoms with Crippen molar-refractivity contribution in [2.75, 3.05) is 5.33 Å². The lowest BCUT2D eigenvalue weighted by molar-refractivity contribution is -0.120. The topological polar surface area (TPSA) is 29.1 Å². The largest absolute Gasteiger partial charge is 0.350 e. The molecule has 2 nitrogen and oxygen atoms in total. The van der Waals surface area contributed by atoms with E-state index in [0.717, 1.165) is 12.8 Å². The van der Waals surface area contributed by atoms with Crippen molar-refractivity contribution in [3.05, 3.63) is 0 Å². The summed E-state index contributed by atoms with van der Waals surface area (Å²) in [5, 5.41) is 3.44. The Labute approximate surface area is 75.9 Å². The Hall–Kier alpha value is -0.0500. The van der Waals surface area contributed by atoms with E-state index in [2.05, 4.69) is 28.2 Å². The van der Waals surface area contributed by atoms with E-state index in [1.54, 1.807) is 0 Å². The molecule has 0 aromatic rings. The Morgan fingerprint density at radius 2 is 2.09 bits per heavy atom. The van der Waals surface area contributed by atoms with Crippen LogP contribution in [-0.4, -0.2) is 16.8 Å². The molecule has 1 aliphatic carbocycles. The number of nitrogens with one attached hydrogen (secondary N) is 1. The van der Waals surface area contributed by atoms with E-state index in [9.17, 15) is 4.79 Å². The average Bonchev–Trinajstić information content (AvgIpc) is 2.36. The average molecular weight is 220 g/mol. The molecule has 64 valence electrons. The van der Waals surface area contributed by atoms with Gasteiger partial charge in [0.15, 0.2) is 0 Å². The zero-order chi connectivity index (χ0) is 8.32. The van der Waals surface area contributed by atoms with Gasteiger partial charge in [-0.15, -0.1) is 0 Å². The molecular formula is C8H14BrNO. The van der Waals surface area contributed by atoms with Crippen molar-refractivity contribution < 1.29 is 4.79 Å². The minimum atomic E-state index is 0.0881. The predicted molar refractivity (Wildman–Crippen MR) is 48.8 cm³/mol. The van der Waals surface area contributed by atoms with E-state index < -0.39 is 0 Å². The fourth-order valence-corrected chi connectivity index (χ4v) is 1.79. The van der Waals surface area contributed by atoms with Crippen LogP contribution in [0.1, 0.15) is 32.6 Å². The maximum atomic E-state index is 11.0. The van der Waals surface area contributed by atoms with E-state index in [0.29, 0.717) is 5.33 Å². The highest BCUT2D eigenvalue weighted by Crippen LogP contribution is 2.28. The van der Waals surface area contributed by atoms with Crippen LogP contribution in [0.15, 0.2) is 0 Å². The van der Waals surface area contributed by atoms with Crippen molar-refractivity contribution in [1.82, 2.24) is 5.32 Å². The van der Waals surface area contributed by atoms with Crippen molar-refractivity contribution >= 4 is 21.8 Å². The van der Waals surface area contributed by atoms with Gasteiger partial charge in [0.25, 0.3) is 0 Å². The quantitative estimate of drug-likeness (QED) is 0.706. The Morgan fingerprint density at radius 1 is 1.55 bits per heavy atom. The van der Waals surface area contributed by atoms with Crippen LogP contribution in [0.25, 0.3) is 0 Å². The lowest BCUT2D eigenvalue weighted by Gasteiger charge is -2.24. The number of amides is 1. The first-order valence-electron chi connectivity index (χ1n) is 4.03. The molecule has 1 amide bonds. The molecule has 0 aromatic heterocycles. The monoisotopic (exact) mass is 219 g/mol. The highest BCUT2D eigenvalue weighted by molar-refractivity contribution is 9.09. The maximum absolute atomic E-state index is 11.0. The second kappa shape index (κ2) is 3.57. The lowest BCUT2D eigenvalue weighted by atomic mass is 10.0. The summed E-state index contributed by atoms with van der Waals surface area (Å²) in [6, 6.07) is 0. The summed E-state index contributed by atoms with van der Waals surface area (Å²) < 4.78 is 0. The predicted octanol–water partition coefficient (Wildman–Crippen LogP) is 1.83. The molecule has 1 aliphatic rings. The number of halogens is 1. The Morgan fingerprint density at radius 3 is 2.55 bits per heavy atom. The smallest absolute Gasteiger partial charge is 0.231 e. The van der Waals surface area contributed by atoms with Crippen molar-refractivity contribution in [2.45, 2.75) is 38.1 Å². The van der Waals surface area contributed by atoms with Crippen molar-refractivity contribution in [3.63, 3.8) is 0 Å². The first-order valence-corrected chi connectivity index (χ1v) is 5.15. The molecule has 1 fully saturated rings. The number of hydrogen-bond donors (Lipinski definition) is 1. The van der Waals surface area contributed by atoms with Crippen molar-refractivity contribution in [2.24, 2.45) is 0 Å². The first-order chi connectivity index (χ1) is 5.16. The Bertz CT molecular complexity index is 152. The highest BCUT2D eigenvalue weighted by atomic mass is 79.9. The van der Waals surface area contributed by atoms with Gasteiger partial charge in [0.05, 0.1) is 5.33 Å². The van der Waals surface area contributed by atoms with Crippen LogP contribution in [0.4, 0.5) is 0 Å². The number of rotatable bonds is 2. The fourth-order valence-electron chi connectivity index (χ4n) is 1.65. The molecule has 0 aliphatic heterocycles. The molecule has 1 saturated carbocycles. The number of alkyl halides is 1. The molecular weight excluding hydrogens is 206 g/mol. The van der Waals surface area contributed by atoms with E-state index in [-0.39, 0.29) is 11.4 Å². The summed E-state index contributed by atoms with van der Waals surface area (Å²) in [5.74, 6) is 0.106. The third-order valence-corrected chi connectivity index (χ3v) is 2.78. The minimum absolute atomic E-state index is 0.0881. The summed E-state index contributed by atoms with van der Waals surface area (Å²) in [7, 11) is 0. The molecule has 0 heterocycles. The molecule has 3 heteroatoms. The van der Waals surface area contributed by atoms with Gasteiger partial charge in [-0.25, -0.2) is 0 Å². The van der Waals surface area contributed by atoms with E-state index >= 15 is 0 Å². The molecule has 0 unspecified atom stereocenters. The second-order valence-electron chi connectivity index (χ2n) is 3.45. The molecule has 0 bridgehead atoms. The zero-order valence-corrected chi connectivity index (χ0v) is 8.41. The third-order valence-electron chi connectivity index (χ3n) is 2.27. The summed E-state index contributed by atoms with van der Waals surface area (Å²) in [5.41, 5.74) is 0.0881. The van der Waals surface area contributed by atoms with Gasteiger partial charge in [0.1, 0.15) is 0 Å². The van der Waals surface area contributed by atoms with Crippen molar-refractivity contribution in [1.29, 1.82) is 0 Å². The van der Waals surface area contributed by atoms with Crippen LogP contribution >= 0.6 is 15.9 Å². The molecule has 1 N–H and O–H groups in total. The molecule has 0 spiro atoms. The molecule has 0 radical (unpaired) electrons.